The Morgan fingerprint density at radius 2 is 2.10 bits per heavy atom. The van der Waals surface area contributed by atoms with E-state index in [0.29, 0.717) is 19.1 Å². The third-order valence-electron chi connectivity index (χ3n) is 4.04. The van der Waals surface area contributed by atoms with E-state index in [1.54, 1.807) is 0 Å². The van der Waals surface area contributed by atoms with Gasteiger partial charge in [-0.1, -0.05) is 0 Å². The Labute approximate surface area is 121 Å². The van der Waals surface area contributed by atoms with Crippen LogP contribution < -0.4 is 0 Å². The van der Waals surface area contributed by atoms with Gasteiger partial charge in [0, 0.05) is 31.9 Å². The van der Waals surface area contributed by atoms with Crippen LogP contribution in [0.3, 0.4) is 0 Å². The maximum absolute atomic E-state index is 11.8. The summed E-state index contributed by atoms with van der Waals surface area (Å²) < 4.78 is 27.2. The fourth-order valence-corrected chi connectivity index (χ4v) is 3.64. The summed E-state index contributed by atoms with van der Waals surface area (Å²) in [5.74, 6) is 0.842. The topological polar surface area (TPSA) is 58.4 Å². The highest BCUT2D eigenvalue weighted by atomic mass is 32.2. The Balaban J connectivity index is 2.26. The molecule has 7 heteroatoms. The van der Waals surface area contributed by atoms with E-state index >= 15 is 0 Å². The molecule has 0 saturated heterocycles. The molecule has 0 fully saturated rings. The molecule has 1 aromatic rings. The fourth-order valence-electron chi connectivity index (χ4n) is 2.56. The first-order chi connectivity index (χ1) is 9.21. The number of sulfonamides is 1. The van der Waals surface area contributed by atoms with E-state index in [9.17, 15) is 8.42 Å². The zero-order valence-corrected chi connectivity index (χ0v) is 13.7. The SMILES string of the molecule is CC(C)N(C)Cc1cnc2n1CCN(S(C)(=O)=O)[C@@H]2C. The molecule has 114 valence electrons. The first-order valence-electron chi connectivity index (χ1n) is 6.93. The van der Waals surface area contributed by atoms with Gasteiger partial charge in [0.1, 0.15) is 5.82 Å². The van der Waals surface area contributed by atoms with Gasteiger partial charge in [-0.25, -0.2) is 13.4 Å². The average molecular weight is 300 g/mol. The van der Waals surface area contributed by atoms with Crippen molar-refractivity contribution in [3.8, 4) is 0 Å². The second-order valence-corrected chi connectivity index (χ2v) is 7.75. The number of rotatable bonds is 4. The first kappa shape index (κ1) is 15.5. The zero-order chi connectivity index (χ0) is 15.1. The number of imidazole rings is 1. The van der Waals surface area contributed by atoms with Crippen LogP contribution in [0.5, 0.6) is 0 Å². The third kappa shape index (κ3) is 2.89. The van der Waals surface area contributed by atoms with E-state index in [2.05, 4.69) is 35.3 Å². The molecule has 0 amide bonds. The van der Waals surface area contributed by atoms with Gasteiger partial charge in [-0.05, 0) is 27.8 Å². The molecule has 0 unspecified atom stereocenters. The quantitative estimate of drug-likeness (QED) is 0.834. The van der Waals surface area contributed by atoms with Crippen molar-refractivity contribution < 1.29 is 8.42 Å². The molecule has 0 bridgehead atoms. The highest BCUT2D eigenvalue weighted by molar-refractivity contribution is 7.88. The van der Waals surface area contributed by atoms with E-state index in [0.717, 1.165) is 18.1 Å². The van der Waals surface area contributed by atoms with E-state index in [1.165, 1.54) is 10.6 Å². The minimum Gasteiger partial charge on any atom is -0.328 e. The van der Waals surface area contributed by atoms with Gasteiger partial charge >= 0.3 is 0 Å². The molecular weight excluding hydrogens is 276 g/mol. The Bertz CT molecular complexity index is 579. The summed E-state index contributed by atoms with van der Waals surface area (Å²) in [5.41, 5.74) is 1.15. The maximum atomic E-state index is 11.8. The summed E-state index contributed by atoms with van der Waals surface area (Å²) in [6.07, 6.45) is 3.13. The minimum absolute atomic E-state index is 0.197. The predicted molar refractivity (Wildman–Crippen MR) is 78.8 cm³/mol. The summed E-state index contributed by atoms with van der Waals surface area (Å²) in [6.45, 7) is 8.23. The van der Waals surface area contributed by atoms with Crippen molar-refractivity contribution in [1.29, 1.82) is 0 Å². The molecule has 0 aliphatic carbocycles. The van der Waals surface area contributed by atoms with E-state index in [-0.39, 0.29) is 6.04 Å². The lowest BCUT2D eigenvalue weighted by Gasteiger charge is -2.33. The third-order valence-corrected chi connectivity index (χ3v) is 5.39. The lowest BCUT2D eigenvalue weighted by atomic mass is 10.2. The number of hydrogen-bond acceptors (Lipinski definition) is 4. The van der Waals surface area contributed by atoms with Crippen LogP contribution in [0.4, 0.5) is 0 Å². The molecule has 0 radical (unpaired) electrons. The molecule has 2 heterocycles. The molecule has 1 atom stereocenters. The average Bonchev–Trinajstić information content (AvgIpc) is 2.72. The Hall–Kier alpha value is -0.920. The summed E-state index contributed by atoms with van der Waals surface area (Å²) in [4.78, 5) is 6.69. The molecule has 0 N–H and O–H groups in total. The van der Waals surface area contributed by atoms with Crippen molar-refractivity contribution in [3.63, 3.8) is 0 Å². The molecule has 6 nitrogen and oxygen atoms in total. The minimum atomic E-state index is -3.18. The molecule has 0 aromatic carbocycles. The van der Waals surface area contributed by atoms with Crippen molar-refractivity contribution in [1.82, 2.24) is 18.8 Å². The van der Waals surface area contributed by atoms with Crippen LogP contribution in [-0.4, -0.2) is 53.1 Å². The summed E-state index contributed by atoms with van der Waals surface area (Å²) >= 11 is 0. The second kappa shape index (κ2) is 5.46. The lowest BCUT2D eigenvalue weighted by molar-refractivity contribution is 0.243. The highest BCUT2D eigenvalue weighted by Gasteiger charge is 2.32. The number of fused-ring (bicyclic) bond motifs is 1. The van der Waals surface area contributed by atoms with E-state index in [4.69, 9.17) is 0 Å². The normalized spacial score (nSPS) is 20.6. The van der Waals surface area contributed by atoms with Crippen molar-refractivity contribution in [3.05, 3.63) is 17.7 Å². The van der Waals surface area contributed by atoms with Gasteiger partial charge in [0.25, 0.3) is 0 Å². The van der Waals surface area contributed by atoms with Gasteiger partial charge in [0.2, 0.25) is 10.0 Å². The van der Waals surface area contributed by atoms with Crippen LogP contribution in [0.1, 0.15) is 38.3 Å². The van der Waals surface area contributed by atoms with Crippen molar-refractivity contribution in [2.24, 2.45) is 0 Å². The fraction of sp³-hybridized carbons (Fsp3) is 0.769. The molecule has 2 rings (SSSR count). The molecule has 20 heavy (non-hydrogen) atoms. The molecule has 1 aromatic heterocycles. The smallest absolute Gasteiger partial charge is 0.211 e. The maximum Gasteiger partial charge on any atom is 0.211 e. The van der Waals surface area contributed by atoms with Gasteiger partial charge < -0.3 is 4.57 Å². The van der Waals surface area contributed by atoms with Crippen molar-refractivity contribution >= 4 is 10.0 Å². The van der Waals surface area contributed by atoms with E-state index in [1.807, 2.05) is 13.1 Å². The zero-order valence-electron chi connectivity index (χ0n) is 12.9. The van der Waals surface area contributed by atoms with Crippen LogP contribution in [0.15, 0.2) is 6.20 Å². The Morgan fingerprint density at radius 1 is 1.45 bits per heavy atom. The number of nitrogens with zero attached hydrogens (tertiary/aromatic N) is 4. The highest BCUT2D eigenvalue weighted by Crippen LogP contribution is 2.27. The summed E-state index contributed by atoms with van der Waals surface area (Å²) in [5, 5.41) is 0. The van der Waals surface area contributed by atoms with Gasteiger partial charge in [-0.3, -0.25) is 4.90 Å². The van der Waals surface area contributed by atoms with Gasteiger partial charge in [-0.15, -0.1) is 0 Å². The van der Waals surface area contributed by atoms with Crippen LogP contribution in [0, 0.1) is 0 Å². The predicted octanol–water partition coefficient (Wildman–Crippen LogP) is 1.06. The van der Waals surface area contributed by atoms with Crippen molar-refractivity contribution in [2.75, 3.05) is 19.8 Å². The van der Waals surface area contributed by atoms with Gasteiger partial charge in [-0.2, -0.15) is 4.31 Å². The molecule has 1 aliphatic rings. The number of aromatic nitrogens is 2. The van der Waals surface area contributed by atoms with Crippen LogP contribution in [0.2, 0.25) is 0 Å². The Morgan fingerprint density at radius 3 is 2.65 bits per heavy atom. The summed E-state index contributed by atoms with van der Waals surface area (Å²) in [7, 11) is -1.09. The first-order valence-corrected chi connectivity index (χ1v) is 8.78. The van der Waals surface area contributed by atoms with Gasteiger partial charge in [0.05, 0.1) is 18.0 Å². The molecule has 0 saturated carbocycles. The van der Waals surface area contributed by atoms with E-state index < -0.39 is 10.0 Å². The lowest BCUT2D eigenvalue weighted by Crippen LogP contribution is -2.41. The largest absolute Gasteiger partial charge is 0.328 e. The second-order valence-electron chi connectivity index (χ2n) is 5.82. The van der Waals surface area contributed by atoms with Gasteiger partial charge in [0.15, 0.2) is 0 Å². The van der Waals surface area contributed by atoms with Crippen molar-refractivity contribution in [2.45, 2.75) is 45.9 Å². The monoisotopic (exact) mass is 300 g/mol. The molecule has 0 spiro atoms. The standard InChI is InChI=1S/C13H24N4O2S/c1-10(2)15(4)9-12-8-14-13-11(3)17(20(5,18)19)7-6-16(12)13/h8,10-11H,6-7,9H2,1-5H3/t11-/m1/s1. The summed E-state index contributed by atoms with van der Waals surface area (Å²) in [6, 6.07) is 0.270. The van der Waals surface area contributed by atoms with Crippen LogP contribution in [-0.2, 0) is 23.1 Å². The molecular formula is C13H24N4O2S. The van der Waals surface area contributed by atoms with Crippen LogP contribution in [0.25, 0.3) is 0 Å². The van der Waals surface area contributed by atoms with Crippen LogP contribution >= 0.6 is 0 Å². The number of hydrogen-bond donors (Lipinski definition) is 0. The molecule has 1 aliphatic heterocycles. The Kier molecular flexibility index (Phi) is 4.22.